The Balaban J connectivity index is 2.54. The van der Waals surface area contributed by atoms with Gasteiger partial charge in [-0.15, -0.1) is 0 Å². The number of nitrogens with one attached hydrogen (secondary N) is 1. The van der Waals surface area contributed by atoms with Crippen LogP contribution >= 0.6 is 0 Å². The number of hydrogen-bond donors (Lipinski definition) is 1. The van der Waals surface area contributed by atoms with E-state index in [0.717, 1.165) is 11.3 Å². The molecule has 0 saturated heterocycles. The van der Waals surface area contributed by atoms with E-state index in [9.17, 15) is 4.79 Å². The number of hydrogen-bond acceptors (Lipinski definition) is 2. The Morgan fingerprint density at radius 1 is 1.15 bits per heavy atom. The number of ether oxygens (including phenoxy) is 1. The van der Waals surface area contributed by atoms with Crippen molar-refractivity contribution in [3.8, 4) is 5.75 Å². The van der Waals surface area contributed by atoms with Crippen LogP contribution < -0.4 is 10.1 Å². The van der Waals surface area contributed by atoms with E-state index >= 15 is 0 Å². The molecule has 0 unspecified atom stereocenters. The van der Waals surface area contributed by atoms with Crippen LogP contribution in [-0.4, -0.2) is 18.6 Å². The molecule has 0 bridgehead atoms. The van der Waals surface area contributed by atoms with Gasteiger partial charge in [0.15, 0.2) is 6.61 Å². The van der Waals surface area contributed by atoms with E-state index in [0.29, 0.717) is 11.8 Å². The van der Waals surface area contributed by atoms with Gasteiger partial charge in [0.05, 0.1) is 0 Å². The van der Waals surface area contributed by atoms with Gasteiger partial charge >= 0.3 is 0 Å². The lowest BCUT2D eigenvalue weighted by atomic mass is 9.93. The molecule has 0 atom stereocenters. The maximum absolute atomic E-state index is 12.0. The van der Waals surface area contributed by atoms with Crippen LogP contribution in [0.5, 0.6) is 5.75 Å². The van der Waals surface area contributed by atoms with Crippen molar-refractivity contribution in [3.63, 3.8) is 0 Å². The summed E-state index contributed by atoms with van der Waals surface area (Å²) in [6, 6.07) is 6.15. The minimum Gasteiger partial charge on any atom is -0.484 e. The molecule has 0 aliphatic rings. The van der Waals surface area contributed by atoms with Crippen LogP contribution in [0, 0.1) is 25.7 Å². The Kier molecular flexibility index (Phi) is 6.05. The summed E-state index contributed by atoms with van der Waals surface area (Å²) in [7, 11) is 0. The number of carbonyl (C=O) groups is 1. The second-order valence-corrected chi connectivity index (χ2v) is 6.14. The van der Waals surface area contributed by atoms with Crippen LogP contribution in [0.3, 0.4) is 0 Å². The minimum atomic E-state index is -0.0580. The van der Waals surface area contributed by atoms with Crippen molar-refractivity contribution in [2.45, 2.75) is 47.6 Å². The number of rotatable bonds is 6. The van der Waals surface area contributed by atoms with Gasteiger partial charge in [0, 0.05) is 6.04 Å². The van der Waals surface area contributed by atoms with Gasteiger partial charge in [0.2, 0.25) is 0 Å². The summed E-state index contributed by atoms with van der Waals surface area (Å²) in [5.41, 5.74) is 2.25. The van der Waals surface area contributed by atoms with Crippen molar-refractivity contribution in [3.05, 3.63) is 29.3 Å². The molecule has 3 nitrogen and oxygen atoms in total. The fraction of sp³-hybridized carbons (Fsp3) is 0.588. The molecule has 3 heteroatoms. The highest BCUT2D eigenvalue weighted by molar-refractivity contribution is 5.77. The predicted octanol–water partition coefficient (Wildman–Crippen LogP) is 3.48. The molecule has 0 fully saturated rings. The zero-order chi connectivity index (χ0) is 15.3. The average Bonchev–Trinajstić information content (AvgIpc) is 2.34. The summed E-state index contributed by atoms with van der Waals surface area (Å²) in [6.45, 7) is 12.6. The summed E-state index contributed by atoms with van der Waals surface area (Å²) in [4.78, 5) is 12.0. The maximum atomic E-state index is 12.0. The molecular formula is C17H27NO2. The quantitative estimate of drug-likeness (QED) is 0.864. The maximum Gasteiger partial charge on any atom is 0.258 e. The third-order valence-electron chi connectivity index (χ3n) is 3.45. The molecule has 1 N–H and O–H groups in total. The van der Waals surface area contributed by atoms with E-state index in [1.807, 2.05) is 26.0 Å². The van der Waals surface area contributed by atoms with E-state index in [1.165, 1.54) is 5.56 Å². The lowest BCUT2D eigenvalue weighted by Crippen LogP contribution is -2.44. The second-order valence-electron chi connectivity index (χ2n) is 6.14. The lowest BCUT2D eigenvalue weighted by molar-refractivity contribution is -0.124. The summed E-state index contributed by atoms with van der Waals surface area (Å²) in [6.07, 6.45) is 0. The molecule has 0 saturated carbocycles. The summed E-state index contributed by atoms with van der Waals surface area (Å²) in [5, 5.41) is 3.05. The number of carbonyl (C=O) groups excluding carboxylic acids is 1. The fourth-order valence-electron chi connectivity index (χ4n) is 2.44. The van der Waals surface area contributed by atoms with Crippen LogP contribution in [0.4, 0.5) is 0 Å². The largest absolute Gasteiger partial charge is 0.484 e. The Hall–Kier alpha value is -1.51. The van der Waals surface area contributed by atoms with E-state index in [4.69, 9.17) is 4.74 Å². The van der Waals surface area contributed by atoms with Crippen LogP contribution in [0.2, 0.25) is 0 Å². The lowest BCUT2D eigenvalue weighted by Gasteiger charge is -2.26. The zero-order valence-electron chi connectivity index (χ0n) is 13.5. The second kappa shape index (κ2) is 7.32. The van der Waals surface area contributed by atoms with Gasteiger partial charge in [-0.1, -0.05) is 45.4 Å². The SMILES string of the molecule is Cc1ccc(OCC(=O)NC(C(C)C)C(C)C)c(C)c1. The first-order chi connectivity index (χ1) is 9.31. The number of aryl methyl sites for hydroxylation is 2. The highest BCUT2D eigenvalue weighted by Crippen LogP contribution is 2.18. The van der Waals surface area contributed by atoms with Gasteiger partial charge in [-0.2, -0.15) is 0 Å². The Labute approximate surface area is 122 Å². The van der Waals surface area contributed by atoms with Gasteiger partial charge in [-0.3, -0.25) is 4.79 Å². The first-order valence-electron chi connectivity index (χ1n) is 7.30. The molecule has 0 aliphatic carbocycles. The van der Waals surface area contributed by atoms with Crippen LogP contribution in [-0.2, 0) is 4.79 Å². The molecule has 1 aromatic carbocycles. The number of benzene rings is 1. The van der Waals surface area contributed by atoms with E-state index in [1.54, 1.807) is 0 Å². The summed E-state index contributed by atoms with van der Waals surface area (Å²) < 4.78 is 5.60. The molecule has 1 amide bonds. The fourth-order valence-corrected chi connectivity index (χ4v) is 2.44. The van der Waals surface area contributed by atoms with Gasteiger partial charge in [0.25, 0.3) is 5.91 Å². The Bertz CT molecular complexity index is 444. The van der Waals surface area contributed by atoms with Gasteiger partial charge < -0.3 is 10.1 Å². The molecule has 20 heavy (non-hydrogen) atoms. The summed E-state index contributed by atoms with van der Waals surface area (Å²) >= 11 is 0. The first-order valence-corrected chi connectivity index (χ1v) is 7.30. The Morgan fingerprint density at radius 2 is 1.75 bits per heavy atom. The van der Waals surface area contributed by atoms with E-state index in [-0.39, 0.29) is 18.6 Å². The van der Waals surface area contributed by atoms with Crippen molar-refractivity contribution >= 4 is 5.91 Å². The molecule has 0 radical (unpaired) electrons. The van der Waals surface area contributed by atoms with Crippen molar-refractivity contribution in [1.82, 2.24) is 5.32 Å². The van der Waals surface area contributed by atoms with Crippen LogP contribution in [0.1, 0.15) is 38.8 Å². The highest BCUT2D eigenvalue weighted by atomic mass is 16.5. The Morgan fingerprint density at radius 3 is 2.25 bits per heavy atom. The van der Waals surface area contributed by atoms with Crippen LogP contribution in [0.15, 0.2) is 18.2 Å². The standard InChI is InChI=1S/C17H27NO2/c1-11(2)17(12(3)4)18-16(19)10-20-15-8-7-13(5)9-14(15)6/h7-9,11-12,17H,10H2,1-6H3,(H,18,19). The summed E-state index contributed by atoms with van der Waals surface area (Å²) in [5.74, 6) is 1.55. The normalized spacial score (nSPS) is 11.2. The minimum absolute atomic E-state index is 0.0580. The molecule has 1 rings (SSSR count). The molecule has 0 aliphatic heterocycles. The molecule has 0 aromatic heterocycles. The van der Waals surface area contributed by atoms with Gasteiger partial charge in [-0.25, -0.2) is 0 Å². The predicted molar refractivity (Wildman–Crippen MR) is 83.0 cm³/mol. The topological polar surface area (TPSA) is 38.3 Å². The molecule has 0 heterocycles. The average molecular weight is 277 g/mol. The third-order valence-corrected chi connectivity index (χ3v) is 3.45. The van der Waals surface area contributed by atoms with Crippen molar-refractivity contribution in [1.29, 1.82) is 0 Å². The van der Waals surface area contributed by atoms with Gasteiger partial charge in [-0.05, 0) is 37.3 Å². The van der Waals surface area contributed by atoms with Crippen LogP contribution in [0.25, 0.3) is 0 Å². The third kappa shape index (κ3) is 4.87. The van der Waals surface area contributed by atoms with E-state index in [2.05, 4.69) is 39.1 Å². The molecule has 1 aromatic rings. The molecular weight excluding hydrogens is 250 g/mol. The van der Waals surface area contributed by atoms with Crippen molar-refractivity contribution < 1.29 is 9.53 Å². The molecule has 0 spiro atoms. The van der Waals surface area contributed by atoms with E-state index < -0.39 is 0 Å². The smallest absolute Gasteiger partial charge is 0.258 e. The monoisotopic (exact) mass is 277 g/mol. The van der Waals surface area contributed by atoms with Crippen molar-refractivity contribution in [2.24, 2.45) is 11.8 Å². The van der Waals surface area contributed by atoms with Crippen molar-refractivity contribution in [2.75, 3.05) is 6.61 Å². The van der Waals surface area contributed by atoms with Gasteiger partial charge in [0.1, 0.15) is 5.75 Å². The zero-order valence-corrected chi connectivity index (χ0v) is 13.5. The number of amides is 1. The molecule has 112 valence electrons. The highest BCUT2D eigenvalue weighted by Gasteiger charge is 2.19. The first kappa shape index (κ1) is 16.5.